The first kappa shape index (κ1) is 8.51. The van der Waals surface area contributed by atoms with Gasteiger partial charge in [0.1, 0.15) is 0 Å². The van der Waals surface area contributed by atoms with E-state index in [4.69, 9.17) is 4.74 Å². The van der Waals surface area contributed by atoms with Gasteiger partial charge in [0.15, 0.2) is 0 Å². The Morgan fingerprint density at radius 2 is 2.17 bits per heavy atom. The third-order valence-electron chi connectivity index (χ3n) is 2.30. The van der Waals surface area contributed by atoms with Crippen LogP contribution in [0.3, 0.4) is 0 Å². The molecule has 2 heteroatoms. The minimum absolute atomic E-state index is 0.0837. The summed E-state index contributed by atoms with van der Waals surface area (Å²) in [7, 11) is 0. The topological polar surface area (TPSA) is 9.23 Å². The molecule has 12 heavy (non-hydrogen) atoms. The van der Waals surface area contributed by atoms with Gasteiger partial charge in [0.05, 0.1) is 12.2 Å². The number of benzene rings is 1. The van der Waals surface area contributed by atoms with Gasteiger partial charge in [-0.15, -0.1) is 0 Å². The normalized spacial score (nSPS) is 19.2. The van der Waals surface area contributed by atoms with E-state index in [-0.39, 0.29) is 5.60 Å². The van der Waals surface area contributed by atoms with Crippen molar-refractivity contribution < 1.29 is 4.74 Å². The predicted octanol–water partition coefficient (Wildman–Crippen LogP) is 3.06. The lowest BCUT2D eigenvalue weighted by Gasteiger charge is -2.17. The average Bonchev–Trinajstić information content (AvgIpc) is 2.27. The third kappa shape index (κ3) is 1.27. The Morgan fingerprint density at radius 3 is 2.92 bits per heavy atom. The van der Waals surface area contributed by atoms with Crippen molar-refractivity contribution in [1.29, 1.82) is 0 Å². The number of ether oxygens (including phenoxy) is 1. The second kappa shape index (κ2) is 2.70. The van der Waals surface area contributed by atoms with E-state index in [0.717, 1.165) is 6.61 Å². The Labute approximate surface area is 86.3 Å². The molecular weight excluding hydrogens is 263 g/mol. The van der Waals surface area contributed by atoms with E-state index in [0.29, 0.717) is 0 Å². The summed E-state index contributed by atoms with van der Waals surface area (Å²) in [5.41, 5.74) is 2.59. The molecule has 1 aromatic carbocycles. The van der Waals surface area contributed by atoms with Gasteiger partial charge < -0.3 is 4.74 Å². The monoisotopic (exact) mass is 274 g/mol. The minimum Gasteiger partial charge on any atom is -0.366 e. The molecule has 0 aromatic heterocycles. The van der Waals surface area contributed by atoms with E-state index in [2.05, 4.69) is 54.6 Å². The fourth-order valence-electron chi connectivity index (χ4n) is 1.60. The molecule has 0 radical (unpaired) electrons. The van der Waals surface area contributed by atoms with Crippen LogP contribution in [0.1, 0.15) is 25.0 Å². The number of rotatable bonds is 0. The van der Waals surface area contributed by atoms with Crippen LogP contribution in [0.4, 0.5) is 0 Å². The van der Waals surface area contributed by atoms with Gasteiger partial charge in [-0.25, -0.2) is 0 Å². The summed E-state index contributed by atoms with van der Waals surface area (Å²) in [6.45, 7) is 5.00. The van der Waals surface area contributed by atoms with E-state index in [1.54, 1.807) is 0 Å². The van der Waals surface area contributed by atoms with Crippen molar-refractivity contribution in [3.63, 3.8) is 0 Å². The van der Waals surface area contributed by atoms with Crippen LogP contribution in [0.25, 0.3) is 0 Å². The van der Waals surface area contributed by atoms with Crippen molar-refractivity contribution in [3.05, 3.63) is 32.9 Å². The van der Waals surface area contributed by atoms with Gasteiger partial charge in [0.25, 0.3) is 0 Å². The molecule has 1 nitrogen and oxygen atoms in total. The maximum Gasteiger partial charge on any atom is 0.0883 e. The van der Waals surface area contributed by atoms with Gasteiger partial charge in [-0.2, -0.15) is 0 Å². The molecule has 0 aliphatic carbocycles. The highest BCUT2D eigenvalue weighted by molar-refractivity contribution is 14.1. The lowest BCUT2D eigenvalue weighted by Crippen LogP contribution is -2.14. The Balaban J connectivity index is 2.55. The van der Waals surface area contributed by atoms with Gasteiger partial charge in [0.2, 0.25) is 0 Å². The first-order chi connectivity index (χ1) is 5.59. The zero-order valence-electron chi connectivity index (χ0n) is 7.23. The maximum absolute atomic E-state index is 5.66. The average molecular weight is 274 g/mol. The van der Waals surface area contributed by atoms with Gasteiger partial charge in [-0.05, 0) is 59.7 Å². The summed E-state index contributed by atoms with van der Waals surface area (Å²) in [6.07, 6.45) is 0. The Morgan fingerprint density at radius 1 is 1.42 bits per heavy atom. The molecule has 2 rings (SSSR count). The van der Waals surface area contributed by atoms with Crippen LogP contribution in [0, 0.1) is 3.57 Å². The Bertz CT molecular complexity index is 318. The van der Waals surface area contributed by atoms with Gasteiger partial charge in [0, 0.05) is 3.57 Å². The van der Waals surface area contributed by atoms with Crippen molar-refractivity contribution in [2.45, 2.75) is 26.1 Å². The predicted molar refractivity (Wildman–Crippen MR) is 57.0 cm³/mol. The second-order valence-corrected chi connectivity index (χ2v) is 4.85. The summed E-state index contributed by atoms with van der Waals surface area (Å²) < 4.78 is 6.95. The lowest BCUT2D eigenvalue weighted by atomic mass is 9.97. The number of hydrogen-bond acceptors (Lipinski definition) is 1. The molecule has 0 atom stereocenters. The first-order valence-corrected chi connectivity index (χ1v) is 5.10. The number of halogens is 1. The van der Waals surface area contributed by atoms with Crippen LogP contribution in [-0.4, -0.2) is 0 Å². The van der Waals surface area contributed by atoms with Crippen LogP contribution < -0.4 is 0 Å². The molecule has 0 spiro atoms. The molecule has 0 fully saturated rings. The molecule has 1 aliphatic rings. The molecule has 0 amide bonds. The molecule has 1 heterocycles. The highest BCUT2D eigenvalue weighted by Crippen LogP contribution is 2.36. The molecule has 1 aromatic rings. The quantitative estimate of drug-likeness (QED) is 0.661. The summed E-state index contributed by atoms with van der Waals surface area (Å²) in [4.78, 5) is 0. The van der Waals surface area contributed by atoms with E-state index in [9.17, 15) is 0 Å². The molecule has 0 saturated heterocycles. The minimum atomic E-state index is -0.0837. The van der Waals surface area contributed by atoms with E-state index < -0.39 is 0 Å². The molecule has 0 saturated carbocycles. The fraction of sp³-hybridized carbons (Fsp3) is 0.400. The standard InChI is InChI=1S/C10H11IO/c1-10(2)9-4-3-8(11)5-7(9)6-12-10/h3-5H,6H2,1-2H3. The highest BCUT2D eigenvalue weighted by Gasteiger charge is 2.30. The number of fused-ring (bicyclic) bond motifs is 1. The van der Waals surface area contributed by atoms with Crippen LogP contribution in [0.15, 0.2) is 18.2 Å². The Hall–Kier alpha value is -0.0900. The van der Waals surface area contributed by atoms with Crippen molar-refractivity contribution >= 4 is 22.6 Å². The maximum atomic E-state index is 5.66. The molecule has 0 bridgehead atoms. The molecule has 0 unspecified atom stereocenters. The highest BCUT2D eigenvalue weighted by atomic mass is 127. The van der Waals surface area contributed by atoms with Gasteiger partial charge >= 0.3 is 0 Å². The second-order valence-electron chi connectivity index (χ2n) is 3.60. The Kier molecular flexibility index (Phi) is 1.92. The number of hydrogen-bond donors (Lipinski definition) is 0. The van der Waals surface area contributed by atoms with E-state index in [1.807, 2.05) is 0 Å². The molecular formula is C10H11IO. The zero-order chi connectivity index (χ0) is 8.77. The van der Waals surface area contributed by atoms with Crippen molar-refractivity contribution in [3.8, 4) is 0 Å². The summed E-state index contributed by atoms with van der Waals surface area (Å²) >= 11 is 2.33. The van der Waals surface area contributed by atoms with Gasteiger partial charge in [-0.3, -0.25) is 0 Å². The molecule has 1 aliphatic heterocycles. The summed E-state index contributed by atoms with van der Waals surface area (Å²) in [5, 5.41) is 0. The van der Waals surface area contributed by atoms with Gasteiger partial charge in [-0.1, -0.05) is 6.07 Å². The van der Waals surface area contributed by atoms with E-state index >= 15 is 0 Å². The fourth-order valence-corrected chi connectivity index (χ4v) is 2.16. The summed E-state index contributed by atoms with van der Waals surface area (Å²) in [6, 6.07) is 6.50. The zero-order valence-corrected chi connectivity index (χ0v) is 9.38. The SMILES string of the molecule is CC1(C)OCc2cc(I)ccc21. The molecule has 64 valence electrons. The first-order valence-electron chi connectivity index (χ1n) is 4.02. The van der Waals surface area contributed by atoms with E-state index in [1.165, 1.54) is 14.7 Å². The van der Waals surface area contributed by atoms with Crippen LogP contribution in [0.5, 0.6) is 0 Å². The van der Waals surface area contributed by atoms with Crippen molar-refractivity contribution in [1.82, 2.24) is 0 Å². The van der Waals surface area contributed by atoms with Crippen molar-refractivity contribution in [2.24, 2.45) is 0 Å². The molecule has 0 N–H and O–H groups in total. The third-order valence-corrected chi connectivity index (χ3v) is 2.98. The van der Waals surface area contributed by atoms with Crippen molar-refractivity contribution in [2.75, 3.05) is 0 Å². The summed E-state index contributed by atoms with van der Waals surface area (Å²) in [5.74, 6) is 0. The largest absolute Gasteiger partial charge is 0.366 e. The lowest BCUT2D eigenvalue weighted by molar-refractivity contribution is -0.00789. The smallest absolute Gasteiger partial charge is 0.0883 e. The van der Waals surface area contributed by atoms with Crippen LogP contribution in [0.2, 0.25) is 0 Å². The van der Waals surface area contributed by atoms with Crippen LogP contribution in [-0.2, 0) is 16.9 Å². The van der Waals surface area contributed by atoms with Crippen LogP contribution >= 0.6 is 22.6 Å².